The summed E-state index contributed by atoms with van der Waals surface area (Å²) in [5.41, 5.74) is 0.164. The van der Waals surface area contributed by atoms with Crippen molar-refractivity contribution in [3.05, 3.63) is 12.2 Å². The van der Waals surface area contributed by atoms with Crippen LogP contribution in [0.25, 0.3) is 0 Å². The van der Waals surface area contributed by atoms with Crippen LogP contribution in [0.5, 0.6) is 0 Å². The Bertz CT molecular complexity index is 653. The van der Waals surface area contributed by atoms with Gasteiger partial charge < -0.3 is 14.2 Å². The van der Waals surface area contributed by atoms with Crippen LogP contribution >= 0.6 is 0 Å². The normalized spacial score (nSPS) is 40.5. The molecule has 0 N–H and O–H groups in total. The summed E-state index contributed by atoms with van der Waals surface area (Å²) in [5.74, 6) is -1.49. The molecule has 122 valence electrons. The molecule has 0 aromatic heterocycles. The number of ether oxygens (including phenoxy) is 3. The maximum atomic E-state index is 12.0. The Morgan fingerprint density at radius 1 is 1.41 bits per heavy atom. The molecule has 9 heteroatoms. The van der Waals surface area contributed by atoms with Gasteiger partial charge in [0.25, 0.3) is 10.1 Å². The van der Waals surface area contributed by atoms with E-state index in [0.717, 1.165) is 0 Å². The lowest BCUT2D eigenvalue weighted by Gasteiger charge is -2.25. The lowest BCUT2D eigenvalue weighted by atomic mass is 9.86. The second-order valence-electron chi connectivity index (χ2n) is 5.94. The van der Waals surface area contributed by atoms with E-state index in [4.69, 9.17) is 13.7 Å². The van der Waals surface area contributed by atoms with E-state index in [9.17, 15) is 18.0 Å². The van der Waals surface area contributed by atoms with Crippen molar-refractivity contribution in [2.45, 2.75) is 49.4 Å². The minimum Gasteiger partial charge on any atom is -0.454 e. The Balaban J connectivity index is 1.63. The maximum absolute atomic E-state index is 12.0. The predicted molar refractivity (Wildman–Crippen MR) is 71.1 cm³/mol. The third kappa shape index (κ3) is 2.07. The largest absolute Gasteiger partial charge is 0.454 e. The minimum atomic E-state index is -3.75. The maximum Gasteiger partial charge on any atom is 0.344 e. The number of esters is 2. The standard InChI is InChI=1S/C13H16O8S/c1-6(2)12(15)18-5-8(14)20-9-7-4-13(3)11(19-7)10(9)21-22(13,16)17/h7,9-11H,1,4-5H2,2-3H3. The fourth-order valence-electron chi connectivity index (χ4n) is 3.08. The first-order valence-corrected chi connectivity index (χ1v) is 8.17. The Kier molecular flexibility index (Phi) is 3.35. The van der Waals surface area contributed by atoms with Crippen LogP contribution in [-0.4, -0.2) is 56.1 Å². The van der Waals surface area contributed by atoms with Crippen molar-refractivity contribution in [1.29, 1.82) is 0 Å². The molecule has 0 amide bonds. The number of fused-ring (bicyclic) bond motifs is 1. The molecule has 0 saturated carbocycles. The van der Waals surface area contributed by atoms with Crippen molar-refractivity contribution >= 4 is 22.1 Å². The van der Waals surface area contributed by atoms with E-state index in [-0.39, 0.29) is 12.0 Å². The number of carbonyl (C=O) groups excluding carboxylic acids is 2. The molecule has 8 nitrogen and oxygen atoms in total. The number of carbonyl (C=O) groups is 2. The van der Waals surface area contributed by atoms with Crippen LogP contribution in [0.3, 0.4) is 0 Å². The van der Waals surface area contributed by atoms with Gasteiger partial charge in [-0.3, -0.25) is 4.18 Å². The van der Waals surface area contributed by atoms with Gasteiger partial charge in [-0.05, 0) is 13.8 Å². The topological polar surface area (TPSA) is 105 Å². The SMILES string of the molecule is C=C(C)C(=O)OCC(=O)OC1C2CC3(C)C(O2)C1OS3(=O)=O. The highest BCUT2D eigenvalue weighted by Gasteiger charge is 2.73. The zero-order valence-corrected chi connectivity index (χ0v) is 12.9. The molecule has 5 unspecified atom stereocenters. The second-order valence-corrected chi connectivity index (χ2v) is 7.97. The molecule has 0 spiro atoms. The van der Waals surface area contributed by atoms with E-state index < -0.39 is 57.8 Å². The molecule has 0 radical (unpaired) electrons. The van der Waals surface area contributed by atoms with Crippen LogP contribution in [-0.2, 0) is 38.1 Å². The Hall–Kier alpha value is -1.45. The van der Waals surface area contributed by atoms with E-state index in [1.165, 1.54) is 6.92 Å². The van der Waals surface area contributed by atoms with Gasteiger partial charge in [0.2, 0.25) is 0 Å². The lowest BCUT2D eigenvalue weighted by molar-refractivity contribution is -0.164. The monoisotopic (exact) mass is 332 g/mol. The van der Waals surface area contributed by atoms with Crippen molar-refractivity contribution < 1.29 is 36.4 Å². The minimum absolute atomic E-state index is 0.164. The Morgan fingerprint density at radius 2 is 2.09 bits per heavy atom. The Morgan fingerprint density at radius 3 is 2.73 bits per heavy atom. The molecule has 0 aromatic carbocycles. The van der Waals surface area contributed by atoms with E-state index in [1.807, 2.05) is 0 Å². The fraction of sp³-hybridized carbons (Fsp3) is 0.692. The molecule has 3 aliphatic rings. The van der Waals surface area contributed by atoms with Crippen LogP contribution in [0.1, 0.15) is 20.3 Å². The lowest BCUT2D eigenvalue weighted by Crippen LogP contribution is -2.47. The van der Waals surface area contributed by atoms with Crippen molar-refractivity contribution in [3.8, 4) is 0 Å². The summed E-state index contributed by atoms with van der Waals surface area (Å²) in [5, 5.41) is 0. The van der Waals surface area contributed by atoms with Gasteiger partial charge in [-0.2, -0.15) is 8.42 Å². The van der Waals surface area contributed by atoms with E-state index in [1.54, 1.807) is 6.92 Å². The van der Waals surface area contributed by atoms with Gasteiger partial charge >= 0.3 is 11.9 Å². The molecule has 2 bridgehead atoms. The summed E-state index contributed by atoms with van der Waals surface area (Å²) in [6, 6.07) is 0. The van der Waals surface area contributed by atoms with Gasteiger partial charge in [-0.15, -0.1) is 0 Å². The van der Waals surface area contributed by atoms with Gasteiger partial charge in [-0.1, -0.05) is 6.58 Å². The molecule has 3 heterocycles. The van der Waals surface area contributed by atoms with Crippen LogP contribution < -0.4 is 0 Å². The van der Waals surface area contributed by atoms with E-state index >= 15 is 0 Å². The fourth-order valence-corrected chi connectivity index (χ4v) is 4.65. The van der Waals surface area contributed by atoms with Crippen LogP contribution in [0.2, 0.25) is 0 Å². The number of hydrogen-bond acceptors (Lipinski definition) is 8. The van der Waals surface area contributed by atoms with Gasteiger partial charge in [0.15, 0.2) is 12.7 Å². The summed E-state index contributed by atoms with van der Waals surface area (Å²) >= 11 is 0. The second kappa shape index (κ2) is 4.77. The zero-order chi connectivity index (χ0) is 16.3. The summed E-state index contributed by atoms with van der Waals surface area (Å²) in [4.78, 5) is 22.9. The van der Waals surface area contributed by atoms with Crippen LogP contribution in [0, 0.1) is 0 Å². The van der Waals surface area contributed by atoms with Crippen molar-refractivity contribution in [1.82, 2.24) is 0 Å². The average Bonchev–Trinajstić information content (AvgIpc) is 2.96. The van der Waals surface area contributed by atoms with Crippen LogP contribution in [0.15, 0.2) is 12.2 Å². The first-order valence-electron chi connectivity index (χ1n) is 6.76. The third-order valence-corrected chi connectivity index (χ3v) is 6.28. The number of rotatable bonds is 4. The summed E-state index contributed by atoms with van der Waals surface area (Å²) < 4.78 is 43.4. The average molecular weight is 332 g/mol. The molecule has 5 atom stereocenters. The highest BCUT2D eigenvalue weighted by molar-refractivity contribution is 7.88. The van der Waals surface area contributed by atoms with E-state index in [0.29, 0.717) is 0 Å². The molecular weight excluding hydrogens is 316 g/mol. The quantitative estimate of drug-likeness (QED) is 0.392. The van der Waals surface area contributed by atoms with Gasteiger partial charge in [0, 0.05) is 12.0 Å². The Labute approximate surface area is 127 Å². The molecular formula is C13H16O8S. The van der Waals surface area contributed by atoms with Gasteiger partial charge in [0.1, 0.15) is 17.0 Å². The molecule has 3 aliphatic heterocycles. The predicted octanol–water partition coefficient (Wildman–Crippen LogP) is -0.324. The van der Waals surface area contributed by atoms with Gasteiger partial charge in [-0.25, -0.2) is 9.59 Å². The molecule has 0 aromatic rings. The molecule has 3 rings (SSSR count). The summed E-state index contributed by atoms with van der Waals surface area (Å²) in [6.07, 6.45) is -2.61. The van der Waals surface area contributed by atoms with Crippen molar-refractivity contribution in [2.24, 2.45) is 0 Å². The summed E-state index contributed by atoms with van der Waals surface area (Å²) in [6.45, 7) is 5.84. The van der Waals surface area contributed by atoms with Crippen LogP contribution in [0.4, 0.5) is 0 Å². The highest BCUT2D eigenvalue weighted by Crippen LogP contribution is 2.54. The molecule has 3 saturated heterocycles. The van der Waals surface area contributed by atoms with Crippen molar-refractivity contribution in [2.75, 3.05) is 6.61 Å². The van der Waals surface area contributed by atoms with E-state index in [2.05, 4.69) is 11.3 Å². The smallest absolute Gasteiger partial charge is 0.344 e. The highest BCUT2D eigenvalue weighted by atomic mass is 32.2. The number of hydrogen-bond donors (Lipinski definition) is 0. The molecule has 0 aliphatic carbocycles. The molecule has 22 heavy (non-hydrogen) atoms. The molecule has 3 fully saturated rings. The van der Waals surface area contributed by atoms with Crippen molar-refractivity contribution in [3.63, 3.8) is 0 Å². The summed E-state index contributed by atoms with van der Waals surface area (Å²) in [7, 11) is -3.75. The first-order chi connectivity index (χ1) is 10.2. The van der Waals surface area contributed by atoms with Gasteiger partial charge in [0.05, 0.1) is 6.10 Å². The first kappa shape index (κ1) is 15.4. The third-order valence-electron chi connectivity index (χ3n) is 4.26. The zero-order valence-electron chi connectivity index (χ0n) is 12.1.